The monoisotopic (exact) mass is 506 g/mol. The highest BCUT2D eigenvalue weighted by molar-refractivity contribution is 5.10. The second kappa shape index (κ2) is 19.1. The topological polar surface area (TPSA) is 99.6 Å². The molecule has 0 saturated heterocycles. The number of hydrogen-bond acceptors (Lipinski definition) is 10. The van der Waals surface area contributed by atoms with Crippen LogP contribution in [0.25, 0.3) is 0 Å². The Kier molecular flexibility index (Phi) is 15.2. The summed E-state index contributed by atoms with van der Waals surface area (Å²) in [5.41, 5.74) is 3.44. The summed E-state index contributed by atoms with van der Waals surface area (Å²) in [6.45, 7) is 7.69. The Labute approximate surface area is 213 Å². The van der Waals surface area contributed by atoms with E-state index in [-0.39, 0.29) is 0 Å². The second-order valence-corrected chi connectivity index (χ2v) is 7.90. The molecule has 200 valence electrons. The van der Waals surface area contributed by atoms with Crippen LogP contribution in [-0.4, -0.2) is 89.3 Å². The predicted molar refractivity (Wildman–Crippen MR) is 130 cm³/mol. The van der Waals surface area contributed by atoms with E-state index in [4.69, 9.17) is 37.9 Å². The van der Waals surface area contributed by atoms with Crippen molar-refractivity contribution in [2.45, 2.75) is 26.4 Å². The first-order chi connectivity index (χ1) is 17.9. The van der Waals surface area contributed by atoms with E-state index in [1.54, 1.807) is 0 Å². The van der Waals surface area contributed by atoms with Crippen LogP contribution in [0.15, 0.2) is 36.4 Å². The molecule has 3 rings (SSSR count). The summed E-state index contributed by atoms with van der Waals surface area (Å²) < 4.78 is 44.8. The normalized spacial score (nSPS) is 19.8. The van der Waals surface area contributed by atoms with Crippen LogP contribution in [0.3, 0.4) is 0 Å². The summed E-state index contributed by atoms with van der Waals surface area (Å²) in [6.07, 6.45) is 0. The van der Waals surface area contributed by atoms with Crippen molar-refractivity contribution in [1.29, 1.82) is 0 Å². The maximum Gasteiger partial charge on any atom is 0.0889 e. The van der Waals surface area contributed by atoms with Crippen molar-refractivity contribution in [3.8, 4) is 0 Å². The zero-order valence-corrected chi connectivity index (χ0v) is 20.9. The summed E-state index contributed by atoms with van der Waals surface area (Å²) >= 11 is 0. The van der Waals surface area contributed by atoms with E-state index in [2.05, 4.69) is 9.97 Å². The Morgan fingerprint density at radius 1 is 0.333 bits per heavy atom. The van der Waals surface area contributed by atoms with Crippen molar-refractivity contribution in [1.82, 2.24) is 9.97 Å². The molecule has 0 N–H and O–H groups in total. The summed E-state index contributed by atoms with van der Waals surface area (Å²) in [6, 6.07) is 11.6. The fourth-order valence-corrected chi connectivity index (χ4v) is 3.20. The number of aromatic nitrogens is 2. The first-order valence-corrected chi connectivity index (χ1v) is 12.4. The van der Waals surface area contributed by atoms with Crippen molar-refractivity contribution < 1.29 is 37.9 Å². The van der Waals surface area contributed by atoms with Gasteiger partial charge in [0, 0.05) is 0 Å². The predicted octanol–water partition coefficient (Wildman–Crippen LogP) is 2.32. The molecule has 10 nitrogen and oxygen atoms in total. The molecule has 0 amide bonds. The Bertz CT molecular complexity index is 700. The molecule has 0 unspecified atom stereocenters. The third-order valence-corrected chi connectivity index (χ3v) is 4.96. The van der Waals surface area contributed by atoms with Crippen molar-refractivity contribution >= 4 is 0 Å². The van der Waals surface area contributed by atoms with E-state index in [1.807, 2.05) is 36.4 Å². The van der Waals surface area contributed by atoms with Gasteiger partial charge in [-0.25, -0.2) is 0 Å². The number of fused-ring (bicyclic) bond motifs is 4. The van der Waals surface area contributed by atoms with E-state index in [0.29, 0.717) is 106 Å². The molecule has 4 bridgehead atoms. The van der Waals surface area contributed by atoms with E-state index in [9.17, 15) is 0 Å². The Balaban J connectivity index is 1.36. The fraction of sp³-hybridized carbons (Fsp3) is 0.615. The quantitative estimate of drug-likeness (QED) is 0.529. The second-order valence-electron chi connectivity index (χ2n) is 7.90. The lowest BCUT2D eigenvalue weighted by atomic mass is 10.3. The minimum Gasteiger partial charge on any atom is -0.377 e. The summed E-state index contributed by atoms with van der Waals surface area (Å²) in [5.74, 6) is 0. The zero-order chi connectivity index (χ0) is 24.9. The molecular formula is C26H38N2O8. The van der Waals surface area contributed by atoms with Gasteiger partial charge in [-0.1, -0.05) is 12.1 Å². The number of hydrogen-bond donors (Lipinski definition) is 0. The van der Waals surface area contributed by atoms with Crippen molar-refractivity contribution in [2.75, 3.05) is 79.3 Å². The van der Waals surface area contributed by atoms with Gasteiger partial charge in [0.1, 0.15) is 0 Å². The van der Waals surface area contributed by atoms with Gasteiger partial charge in [0.15, 0.2) is 0 Å². The van der Waals surface area contributed by atoms with E-state index in [0.717, 1.165) is 22.8 Å². The third kappa shape index (κ3) is 13.3. The lowest BCUT2D eigenvalue weighted by Crippen LogP contribution is -2.13. The van der Waals surface area contributed by atoms with Gasteiger partial charge in [0.2, 0.25) is 0 Å². The largest absolute Gasteiger partial charge is 0.377 e. The average Bonchev–Trinajstić information content (AvgIpc) is 2.90. The average molecular weight is 507 g/mol. The summed E-state index contributed by atoms with van der Waals surface area (Å²) in [4.78, 5) is 9.11. The first kappa shape index (κ1) is 28.5. The van der Waals surface area contributed by atoms with Gasteiger partial charge < -0.3 is 37.9 Å². The highest BCUT2D eigenvalue weighted by atomic mass is 16.6. The molecule has 0 aromatic carbocycles. The minimum atomic E-state index is 0.428. The molecule has 2 aromatic heterocycles. The van der Waals surface area contributed by atoms with Gasteiger partial charge in [0.25, 0.3) is 0 Å². The van der Waals surface area contributed by atoms with Crippen LogP contribution >= 0.6 is 0 Å². The molecular weight excluding hydrogens is 468 g/mol. The molecule has 10 heteroatoms. The number of ether oxygens (including phenoxy) is 8. The van der Waals surface area contributed by atoms with E-state index >= 15 is 0 Å². The Morgan fingerprint density at radius 2 is 0.556 bits per heavy atom. The van der Waals surface area contributed by atoms with Crippen molar-refractivity contribution in [2.24, 2.45) is 0 Å². The molecule has 0 saturated carbocycles. The van der Waals surface area contributed by atoms with Gasteiger partial charge in [-0.3, -0.25) is 9.97 Å². The SMILES string of the molecule is c1cc2nc(c1)COCCOCCOCCOCc1cccc(n1)COCCOCCOCCOC2. The van der Waals surface area contributed by atoms with Crippen LogP contribution < -0.4 is 0 Å². The summed E-state index contributed by atoms with van der Waals surface area (Å²) in [5, 5.41) is 0. The number of nitrogens with zero attached hydrogens (tertiary/aromatic N) is 2. The standard InChI is InChI=1S/C26H38N2O8/c1-3-23-19-33-15-11-29-7-9-31-13-17-35-21-25-5-2-6-26(28-25)22-36-18-14-32-10-8-30-12-16-34-20-24(4-1)27-23/h1-6H,7-22H2. The van der Waals surface area contributed by atoms with E-state index in [1.165, 1.54) is 0 Å². The molecule has 0 radical (unpaired) electrons. The van der Waals surface area contributed by atoms with Crippen LogP contribution in [0.2, 0.25) is 0 Å². The van der Waals surface area contributed by atoms with Crippen LogP contribution in [0.4, 0.5) is 0 Å². The lowest BCUT2D eigenvalue weighted by molar-refractivity contribution is -0.00839. The van der Waals surface area contributed by atoms with Crippen molar-refractivity contribution in [3.05, 3.63) is 59.2 Å². The van der Waals surface area contributed by atoms with Crippen molar-refractivity contribution in [3.63, 3.8) is 0 Å². The van der Waals surface area contributed by atoms with Crippen LogP contribution in [0.1, 0.15) is 22.8 Å². The molecule has 1 aliphatic heterocycles. The molecule has 0 spiro atoms. The van der Waals surface area contributed by atoms with Gasteiger partial charge >= 0.3 is 0 Å². The molecule has 0 atom stereocenters. The highest BCUT2D eigenvalue weighted by Crippen LogP contribution is 2.04. The first-order valence-electron chi connectivity index (χ1n) is 12.4. The zero-order valence-electron chi connectivity index (χ0n) is 20.9. The Morgan fingerprint density at radius 3 is 0.806 bits per heavy atom. The van der Waals surface area contributed by atoms with Gasteiger partial charge in [0.05, 0.1) is 128 Å². The molecule has 0 aliphatic carbocycles. The number of rotatable bonds is 0. The van der Waals surface area contributed by atoms with Crippen LogP contribution in [0, 0.1) is 0 Å². The van der Waals surface area contributed by atoms with Gasteiger partial charge in [-0.15, -0.1) is 0 Å². The van der Waals surface area contributed by atoms with Crippen LogP contribution in [0.5, 0.6) is 0 Å². The lowest BCUT2D eigenvalue weighted by Gasteiger charge is -2.10. The molecule has 2 aromatic rings. The van der Waals surface area contributed by atoms with E-state index < -0.39 is 0 Å². The minimum absolute atomic E-state index is 0.428. The smallest absolute Gasteiger partial charge is 0.0889 e. The maximum absolute atomic E-state index is 5.65. The molecule has 0 fully saturated rings. The number of pyridine rings is 2. The molecule has 1 aliphatic rings. The highest BCUT2D eigenvalue weighted by Gasteiger charge is 2.02. The Hall–Kier alpha value is -2.02. The van der Waals surface area contributed by atoms with Crippen LogP contribution in [-0.2, 0) is 64.3 Å². The third-order valence-electron chi connectivity index (χ3n) is 4.96. The molecule has 36 heavy (non-hydrogen) atoms. The van der Waals surface area contributed by atoms with Gasteiger partial charge in [-0.2, -0.15) is 0 Å². The molecule has 3 heterocycles. The summed E-state index contributed by atoms with van der Waals surface area (Å²) in [7, 11) is 0. The fourth-order valence-electron chi connectivity index (χ4n) is 3.20. The maximum atomic E-state index is 5.65. The van der Waals surface area contributed by atoms with Gasteiger partial charge in [-0.05, 0) is 24.3 Å².